The molecule has 4 rings (SSSR count). The number of benzene rings is 1. The number of likely N-dealkylation sites (tertiary alicyclic amines) is 2. The summed E-state index contributed by atoms with van der Waals surface area (Å²) in [5.41, 5.74) is 1.12. The summed E-state index contributed by atoms with van der Waals surface area (Å²) in [7, 11) is 1.66. The number of pyridine rings is 1. The van der Waals surface area contributed by atoms with Gasteiger partial charge in [-0.3, -0.25) is 14.5 Å². The molecule has 1 amide bonds. The molecule has 1 unspecified atom stereocenters. The van der Waals surface area contributed by atoms with E-state index in [1.54, 1.807) is 25.3 Å². The Morgan fingerprint density at radius 2 is 1.96 bits per heavy atom. The molecule has 2 aromatic rings. The van der Waals surface area contributed by atoms with Gasteiger partial charge in [0.25, 0.3) is 0 Å². The topological polar surface area (TPSA) is 65.6 Å². The molecule has 1 atom stereocenters. The van der Waals surface area contributed by atoms with Crippen molar-refractivity contribution in [2.45, 2.75) is 37.8 Å². The van der Waals surface area contributed by atoms with E-state index in [0.29, 0.717) is 30.1 Å². The van der Waals surface area contributed by atoms with E-state index in [9.17, 15) is 9.59 Å². The number of carbonyl (C=O) groups excluding carboxylic acids is 1. The SMILES string of the molecule is COCCN1CCCC2(CCCN2Cc2cc(=O)c3cc(Cl)ccc3[nH]2)C1=O. The van der Waals surface area contributed by atoms with E-state index in [1.165, 1.54) is 0 Å². The fourth-order valence-corrected chi connectivity index (χ4v) is 4.91. The van der Waals surface area contributed by atoms with Crippen LogP contribution in [0.3, 0.4) is 0 Å². The van der Waals surface area contributed by atoms with Gasteiger partial charge in [0.15, 0.2) is 5.43 Å². The van der Waals surface area contributed by atoms with Gasteiger partial charge in [-0.1, -0.05) is 11.6 Å². The zero-order valence-electron chi connectivity index (χ0n) is 16.2. The van der Waals surface area contributed by atoms with Crippen LogP contribution in [0, 0.1) is 0 Å². The minimum Gasteiger partial charge on any atom is -0.383 e. The van der Waals surface area contributed by atoms with Crippen LogP contribution in [0.4, 0.5) is 0 Å². The summed E-state index contributed by atoms with van der Waals surface area (Å²) in [4.78, 5) is 33.4. The summed E-state index contributed by atoms with van der Waals surface area (Å²) in [6.07, 6.45) is 3.75. The van der Waals surface area contributed by atoms with Gasteiger partial charge in [-0.05, 0) is 50.4 Å². The van der Waals surface area contributed by atoms with Crippen molar-refractivity contribution in [3.63, 3.8) is 0 Å². The molecule has 0 radical (unpaired) electrons. The number of carbonyl (C=O) groups is 1. The maximum atomic E-state index is 13.3. The van der Waals surface area contributed by atoms with Crippen LogP contribution in [0.5, 0.6) is 0 Å². The van der Waals surface area contributed by atoms with E-state index < -0.39 is 5.54 Å². The molecular weight excluding hydrogens is 378 g/mol. The number of methoxy groups -OCH3 is 1. The largest absolute Gasteiger partial charge is 0.383 e. The Kier molecular flexibility index (Phi) is 5.45. The normalized spacial score (nSPS) is 23.2. The molecule has 1 aromatic heterocycles. The van der Waals surface area contributed by atoms with E-state index in [4.69, 9.17) is 16.3 Å². The molecule has 0 aliphatic carbocycles. The van der Waals surface area contributed by atoms with Crippen LogP contribution in [0.2, 0.25) is 5.02 Å². The first-order valence-electron chi connectivity index (χ1n) is 9.88. The lowest BCUT2D eigenvalue weighted by Gasteiger charge is -2.44. The summed E-state index contributed by atoms with van der Waals surface area (Å²) in [5, 5.41) is 1.14. The van der Waals surface area contributed by atoms with Gasteiger partial charge in [-0.25, -0.2) is 0 Å². The fourth-order valence-electron chi connectivity index (χ4n) is 4.74. The van der Waals surface area contributed by atoms with Crippen LogP contribution in [-0.2, 0) is 16.1 Å². The van der Waals surface area contributed by atoms with Crippen molar-refractivity contribution in [3.8, 4) is 0 Å². The maximum Gasteiger partial charge on any atom is 0.243 e. The summed E-state index contributed by atoms with van der Waals surface area (Å²) in [6.45, 7) is 3.43. The average Bonchev–Trinajstić information content (AvgIpc) is 3.07. The summed E-state index contributed by atoms with van der Waals surface area (Å²) in [6, 6.07) is 6.94. The number of aromatic nitrogens is 1. The molecule has 2 saturated heterocycles. The van der Waals surface area contributed by atoms with E-state index in [-0.39, 0.29) is 11.3 Å². The standard InChI is InChI=1S/C21H26ClN3O3/c1-28-11-10-24-8-2-6-21(20(24)27)7-3-9-25(21)14-16-13-19(26)17-12-15(22)4-5-18(17)23-16/h4-5,12-13H,2-3,6-11,14H2,1H3,(H,23,26). The van der Waals surface area contributed by atoms with Crippen molar-refractivity contribution in [2.75, 3.05) is 33.4 Å². The highest BCUT2D eigenvalue weighted by Crippen LogP contribution is 2.39. The van der Waals surface area contributed by atoms with Gasteiger partial charge in [0.1, 0.15) is 5.54 Å². The second kappa shape index (κ2) is 7.85. The van der Waals surface area contributed by atoms with Crippen LogP contribution in [0.15, 0.2) is 29.1 Å². The molecule has 3 heterocycles. The number of nitrogens with zero attached hydrogens (tertiary/aromatic N) is 2. The number of nitrogens with one attached hydrogen (secondary N) is 1. The number of amides is 1. The number of fused-ring (bicyclic) bond motifs is 1. The zero-order chi connectivity index (χ0) is 19.7. The first-order chi connectivity index (χ1) is 13.5. The van der Waals surface area contributed by atoms with E-state index >= 15 is 0 Å². The van der Waals surface area contributed by atoms with Gasteiger partial charge in [0.05, 0.1) is 6.61 Å². The minimum atomic E-state index is -0.447. The van der Waals surface area contributed by atoms with E-state index in [2.05, 4.69) is 9.88 Å². The van der Waals surface area contributed by atoms with Gasteiger partial charge < -0.3 is 14.6 Å². The molecule has 1 N–H and O–H groups in total. The van der Waals surface area contributed by atoms with Crippen molar-refractivity contribution in [3.05, 3.63) is 45.2 Å². The molecule has 0 bridgehead atoms. The molecule has 6 nitrogen and oxygen atoms in total. The van der Waals surface area contributed by atoms with Crippen molar-refractivity contribution in [1.82, 2.24) is 14.8 Å². The number of halogens is 1. The van der Waals surface area contributed by atoms with Gasteiger partial charge in [-0.2, -0.15) is 0 Å². The first-order valence-corrected chi connectivity index (χ1v) is 10.3. The van der Waals surface area contributed by atoms with Crippen LogP contribution >= 0.6 is 11.6 Å². The van der Waals surface area contributed by atoms with Crippen LogP contribution < -0.4 is 5.43 Å². The highest BCUT2D eigenvalue weighted by Gasteiger charge is 2.50. The molecule has 0 saturated carbocycles. The Labute approximate surface area is 169 Å². The quantitative estimate of drug-likeness (QED) is 0.833. The molecule has 2 fully saturated rings. The van der Waals surface area contributed by atoms with E-state index in [1.807, 2.05) is 11.0 Å². The third-order valence-corrected chi connectivity index (χ3v) is 6.34. The van der Waals surface area contributed by atoms with Crippen molar-refractivity contribution >= 4 is 28.4 Å². The number of H-pyrrole nitrogens is 1. The predicted octanol–water partition coefficient (Wildman–Crippen LogP) is 2.78. The highest BCUT2D eigenvalue weighted by molar-refractivity contribution is 6.31. The second-order valence-electron chi connectivity index (χ2n) is 7.79. The maximum absolute atomic E-state index is 13.3. The Morgan fingerprint density at radius 1 is 1.18 bits per heavy atom. The lowest BCUT2D eigenvalue weighted by Crippen LogP contribution is -2.60. The molecule has 1 spiro atoms. The van der Waals surface area contributed by atoms with Crippen LogP contribution in [0.1, 0.15) is 31.4 Å². The number of piperidine rings is 1. The second-order valence-corrected chi connectivity index (χ2v) is 8.23. The molecule has 7 heteroatoms. The van der Waals surface area contributed by atoms with Crippen LogP contribution in [-0.4, -0.2) is 59.6 Å². The van der Waals surface area contributed by atoms with Crippen molar-refractivity contribution in [2.24, 2.45) is 0 Å². The van der Waals surface area contributed by atoms with Gasteiger partial charge >= 0.3 is 0 Å². The lowest BCUT2D eigenvalue weighted by atomic mass is 9.85. The number of aromatic amines is 1. The molecule has 2 aliphatic rings. The van der Waals surface area contributed by atoms with Gasteiger partial charge in [0, 0.05) is 54.4 Å². The monoisotopic (exact) mass is 403 g/mol. The molecular formula is C21H26ClN3O3. The zero-order valence-corrected chi connectivity index (χ0v) is 16.9. The van der Waals surface area contributed by atoms with Crippen molar-refractivity contribution in [1.29, 1.82) is 0 Å². The smallest absolute Gasteiger partial charge is 0.243 e. The van der Waals surface area contributed by atoms with E-state index in [0.717, 1.165) is 50.0 Å². The third kappa shape index (κ3) is 3.45. The Morgan fingerprint density at radius 3 is 2.75 bits per heavy atom. The molecule has 150 valence electrons. The Bertz CT molecular complexity index is 944. The minimum absolute atomic E-state index is 0.0452. The number of ether oxygens (including phenoxy) is 1. The average molecular weight is 404 g/mol. The number of hydrogen-bond donors (Lipinski definition) is 1. The van der Waals surface area contributed by atoms with Gasteiger partial charge in [-0.15, -0.1) is 0 Å². The van der Waals surface area contributed by atoms with Gasteiger partial charge in [0.2, 0.25) is 5.91 Å². The summed E-state index contributed by atoms with van der Waals surface area (Å²) in [5.74, 6) is 0.211. The third-order valence-electron chi connectivity index (χ3n) is 6.10. The predicted molar refractivity (Wildman–Crippen MR) is 110 cm³/mol. The number of rotatable bonds is 5. The Hall–Kier alpha value is -1.89. The van der Waals surface area contributed by atoms with Crippen LogP contribution in [0.25, 0.3) is 10.9 Å². The Balaban J connectivity index is 1.60. The first kappa shape index (κ1) is 19.4. The van der Waals surface area contributed by atoms with Crippen molar-refractivity contribution < 1.29 is 9.53 Å². The molecule has 2 aliphatic heterocycles. The summed E-state index contributed by atoms with van der Waals surface area (Å²) >= 11 is 6.02. The highest BCUT2D eigenvalue weighted by atomic mass is 35.5. The fraction of sp³-hybridized carbons (Fsp3) is 0.524. The lowest BCUT2D eigenvalue weighted by molar-refractivity contribution is -0.148. The number of hydrogen-bond acceptors (Lipinski definition) is 4. The summed E-state index contributed by atoms with van der Waals surface area (Å²) < 4.78 is 5.17. The molecule has 1 aromatic carbocycles. The molecule has 28 heavy (non-hydrogen) atoms.